The molecule has 0 aromatic carbocycles. The number of rotatable bonds is 3. The molecule has 8 heteroatoms. The maximum atomic E-state index is 12.2. The fourth-order valence-corrected chi connectivity index (χ4v) is 3.03. The molecule has 0 bridgehead atoms. The minimum Gasteiger partial charge on any atom is -0.374 e. The van der Waals surface area contributed by atoms with E-state index in [4.69, 9.17) is 5.73 Å². The third kappa shape index (κ3) is 3.21. The highest BCUT2D eigenvalue weighted by Gasteiger charge is 2.17. The van der Waals surface area contributed by atoms with E-state index in [-0.39, 0.29) is 5.56 Å². The second-order valence-corrected chi connectivity index (χ2v) is 6.51. The lowest BCUT2D eigenvalue weighted by atomic mass is 9.99. The van der Waals surface area contributed by atoms with Crippen LogP contribution in [-0.4, -0.2) is 33.1 Å². The Morgan fingerprint density at radius 3 is 2.76 bits per heavy atom. The van der Waals surface area contributed by atoms with E-state index in [2.05, 4.69) is 27.1 Å². The van der Waals surface area contributed by atoms with Crippen molar-refractivity contribution < 1.29 is 0 Å². The molecule has 1 saturated heterocycles. The molecule has 7 nitrogen and oxygen atoms in total. The van der Waals surface area contributed by atoms with Crippen molar-refractivity contribution in [1.29, 1.82) is 0 Å². The zero-order valence-electron chi connectivity index (χ0n) is 11.9. The number of piperidine rings is 1. The van der Waals surface area contributed by atoms with Crippen LogP contribution in [0.5, 0.6) is 0 Å². The Bertz CT molecular complexity index is 673. The fourth-order valence-electron chi connectivity index (χ4n) is 2.44. The first-order valence-corrected chi connectivity index (χ1v) is 7.83. The van der Waals surface area contributed by atoms with Crippen LogP contribution in [-0.2, 0) is 6.54 Å². The topological polar surface area (TPSA) is 89.9 Å². The lowest BCUT2D eigenvalue weighted by molar-refractivity contribution is 0.437. The second-order valence-electron chi connectivity index (χ2n) is 5.41. The van der Waals surface area contributed by atoms with Gasteiger partial charge in [0.25, 0.3) is 5.56 Å². The quantitative estimate of drug-likeness (QED) is 0.908. The van der Waals surface area contributed by atoms with E-state index in [1.807, 2.05) is 0 Å². The summed E-state index contributed by atoms with van der Waals surface area (Å²) in [5.74, 6) is 0.762. The molecule has 1 fully saturated rings. The summed E-state index contributed by atoms with van der Waals surface area (Å²) in [6.45, 7) is 4.55. The van der Waals surface area contributed by atoms with Crippen LogP contribution in [0, 0.1) is 5.92 Å². The van der Waals surface area contributed by atoms with Crippen molar-refractivity contribution in [3.05, 3.63) is 27.6 Å². The van der Waals surface area contributed by atoms with Crippen LogP contribution in [0.25, 0.3) is 0 Å². The van der Waals surface area contributed by atoms with Crippen LogP contribution >= 0.6 is 11.3 Å². The van der Waals surface area contributed by atoms with E-state index < -0.39 is 0 Å². The van der Waals surface area contributed by atoms with Gasteiger partial charge in [-0.05, 0) is 18.8 Å². The number of nitrogens with zero attached hydrogens (tertiary/aromatic N) is 5. The summed E-state index contributed by atoms with van der Waals surface area (Å²) in [7, 11) is 0. The van der Waals surface area contributed by atoms with Gasteiger partial charge in [-0.25, -0.2) is 4.68 Å². The molecule has 3 rings (SSSR count). The van der Waals surface area contributed by atoms with Gasteiger partial charge in [0.15, 0.2) is 0 Å². The number of hydrogen-bond acceptors (Lipinski definition) is 7. The van der Waals surface area contributed by atoms with E-state index in [1.165, 1.54) is 16.0 Å². The lowest BCUT2D eigenvalue weighted by Gasteiger charge is -2.31. The number of nitrogen functional groups attached to an aromatic ring is 1. The summed E-state index contributed by atoms with van der Waals surface area (Å²) < 4.78 is 1.38. The third-order valence-corrected chi connectivity index (χ3v) is 4.51. The molecule has 1 aliphatic heterocycles. The van der Waals surface area contributed by atoms with Crippen LogP contribution in [0.4, 0.5) is 10.8 Å². The SMILES string of the molecule is CC1CCN(c2cnn(Cc3nnc(N)s3)c(=O)c2)CC1. The highest BCUT2D eigenvalue weighted by atomic mass is 32.1. The summed E-state index contributed by atoms with van der Waals surface area (Å²) in [5, 5.41) is 13.0. The number of hydrogen-bond donors (Lipinski definition) is 1. The molecule has 0 amide bonds. The maximum Gasteiger partial charge on any atom is 0.269 e. The highest BCUT2D eigenvalue weighted by Crippen LogP contribution is 2.21. The van der Waals surface area contributed by atoms with Gasteiger partial charge in [-0.2, -0.15) is 5.10 Å². The van der Waals surface area contributed by atoms with Gasteiger partial charge in [0.05, 0.1) is 18.4 Å². The first-order chi connectivity index (χ1) is 10.1. The Morgan fingerprint density at radius 1 is 1.38 bits per heavy atom. The minimum atomic E-state index is -0.125. The number of anilines is 2. The Balaban J connectivity index is 1.75. The predicted molar refractivity (Wildman–Crippen MR) is 82.5 cm³/mol. The van der Waals surface area contributed by atoms with Gasteiger partial charge in [-0.15, -0.1) is 10.2 Å². The summed E-state index contributed by atoms with van der Waals surface area (Å²) in [4.78, 5) is 14.4. The normalized spacial score (nSPS) is 16.3. The molecule has 1 aliphatic rings. The lowest BCUT2D eigenvalue weighted by Crippen LogP contribution is -2.34. The summed E-state index contributed by atoms with van der Waals surface area (Å²) >= 11 is 1.27. The fraction of sp³-hybridized carbons (Fsp3) is 0.538. The van der Waals surface area contributed by atoms with Gasteiger partial charge in [0, 0.05) is 19.2 Å². The van der Waals surface area contributed by atoms with Crippen molar-refractivity contribution in [2.45, 2.75) is 26.3 Å². The Hall–Kier alpha value is -1.96. The second kappa shape index (κ2) is 5.80. The zero-order chi connectivity index (χ0) is 14.8. The summed E-state index contributed by atoms with van der Waals surface area (Å²) in [6, 6.07) is 1.65. The molecule has 112 valence electrons. The van der Waals surface area contributed by atoms with Crippen LogP contribution in [0.2, 0.25) is 0 Å². The molecule has 2 N–H and O–H groups in total. The summed E-state index contributed by atoms with van der Waals surface area (Å²) in [6.07, 6.45) is 4.07. The molecule has 21 heavy (non-hydrogen) atoms. The van der Waals surface area contributed by atoms with Gasteiger partial charge in [0.1, 0.15) is 5.01 Å². The van der Waals surface area contributed by atoms with Crippen LogP contribution in [0.1, 0.15) is 24.8 Å². The van der Waals surface area contributed by atoms with Gasteiger partial charge in [0.2, 0.25) is 5.13 Å². The molecule has 3 heterocycles. The minimum absolute atomic E-state index is 0.125. The van der Waals surface area contributed by atoms with Gasteiger partial charge in [-0.3, -0.25) is 4.79 Å². The largest absolute Gasteiger partial charge is 0.374 e. The van der Waals surface area contributed by atoms with Crippen molar-refractivity contribution >= 4 is 22.2 Å². The van der Waals surface area contributed by atoms with Crippen molar-refractivity contribution in [2.75, 3.05) is 23.7 Å². The Morgan fingerprint density at radius 2 is 2.14 bits per heavy atom. The average Bonchev–Trinajstić information content (AvgIpc) is 2.87. The van der Waals surface area contributed by atoms with Crippen molar-refractivity contribution in [1.82, 2.24) is 20.0 Å². The Kier molecular flexibility index (Phi) is 3.87. The van der Waals surface area contributed by atoms with Crippen molar-refractivity contribution in [3.63, 3.8) is 0 Å². The van der Waals surface area contributed by atoms with Gasteiger partial charge >= 0.3 is 0 Å². The van der Waals surface area contributed by atoms with E-state index >= 15 is 0 Å². The van der Waals surface area contributed by atoms with Crippen molar-refractivity contribution in [3.8, 4) is 0 Å². The molecule has 0 saturated carbocycles. The first kappa shape index (κ1) is 14.0. The van der Waals surface area contributed by atoms with Gasteiger partial charge in [-0.1, -0.05) is 18.3 Å². The Labute approximate surface area is 126 Å². The average molecular weight is 306 g/mol. The molecule has 0 radical (unpaired) electrons. The molecule has 2 aromatic heterocycles. The van der Waals surface area contributed by atoms with E-state index in [0.717, 1.165) is 37.5 Å². The molecular formula is C13H18N6OS. The molecule has 2 aromatic rings. The van der Waals surface area contributed by atoms with Crippen LogP contribution in [0.3, 0.4) is 0 Å². The van der Waals surface area contributed by atoms with E-state index in [0.29, 0.717) is 16.7 Å². The number of nitrogens with two attached hydrogens (primary N) is 1. The van der Waals surface area contributed by atoms with Crippen LogP contribution in [0.15, 0.2) is 17.1 Å². The first-order valence-electron chi connectivity index (χ1n) is 7.02. The molecule has 0 spiro atoms. The highest BCUT2D eigenvalue weighted by molar-refractivity contribution is 7.15. The monoisotopic (exact) mass is 306 g/mol. The molecule has 0 atom stereocenters. The standard InChI is InChI=1S/C13H18N6OS/c1-9-2-4-18(5-3-9)10-6-12(20)19(15-7-10)8-11-16-17-13(14)21-11/h6-7,9H,2-5,8H2,1H3,(H2,14,17). The maximum absolute atomic E-state index is 12.2. The van der Waals surface area contributed by atoms with E-state index in [1.54, 1.807) is 12.3 Å². The smallest absolute Gasteiger partial charge is 0.269 e. The number of aromatic nitrogens is 4. The van der Waals surface area contributed by atoms with Crippen LogP contribution < -0.4 is 16.2 Å². The van der Waals surface area contributed by atoms with Gasteiger partial charge < -0.3 is 10.6 Å². The van der Waals surface area contributed by atoms with Crippen molar-refractivity contribution in [2.24, 2.45) is 5.92 Å². The zero-order valence-corrected chi connectivity index (χ0v) is 12.7. The molecule has 0 unspecified atom stereocenters. The summed E-state index contributed by atoms with van der Waals surface area (Å²) in [5.41, 5.74) is 6.31. The molecule has 0 aliphatic carbocycles. The molecular weight excluding hydrogens is 288 g/mol. The predicted octanol–water partition coefficient (Wildman–Crippen LogP) is 0.962. The van der Waals surface area contributed by atoms with E-state index in [9.17, 15) is 4.79 Å². The third-order valence-electron chi connectivity index (χ3n) is 3.77.